The van der Waals surface area contributed by atoms with Crippen LogP contribution in [0.25, 0.3) is 5.65 Å². The number of imidazole rings is 1. The van der Waals surface area contributed by atoms with Crippen molar-refractivity contribution in [2.45, 2.75) is 20.4 Å². The van der Waals surface area contributed by atoms with Crippen LogP contribution >= 0.6 is 11.6 Å². The maximum Gasteiger partial charge on any atom is 0.368 e. The summed E-state index contributed by atoms with van der Waals surface area (Å²) in [6.07, 6.45) is 1.14. The number of hydrogen-bond acceptors (Lipinski definition) is 9. The Morgan fingerprint density at radius 3 is 2.75 bits per heavy atom. The Balaban J connectivity index is 1.59. The molecule has 1 N–H and O–H groups in total. The molecular weight excluding hydrogens is 438 g/mol. The number of halogens is 1. The van der Waals surface area contributed by atoms with Crippen LogP contribution in [0.4, 0.5) is 11.6 Å². The Morgan fingerprint density at radius 1 is 1.19 bits per heavy atom. The van der Waals surface area contributed by atoms with Crippen LogP contribution < -0.4 is 14.8 Å². The number of ether oxygens (including phenoxy) is 2. The van der Waals surface area contributed by atoms with Gasteiger partial charge in [0.1, 0.15) is 22.9 Å². The first-order valence-electron chi connectivity index (χ1n) is 9.44. The lowest BCUT2D eigenvalue weighted by molar-refractivity contribution is -0.391. The first kappa shape index (κ1) is 21.2. The molecule has 0 aliphatic rings. The summed E-state index contributed by atoms with van der Waals surface area (Å²) in [5.74, 6) is 1.90. The molecule has 164 valence electrons. The van der Waals surface area contributed by atoms with Gasteiger partial charge in [0.05, 0.1) is 12.8 Å². The van der Waals surface area contributed by atoms with Crippen molar-refractivity contribution in [3.63, 3.8) is 0 Å². The number of rotatable bonds is 7. The fourth-order valence-electron chi connectivity index (χ4n) is 3.05. The zero-order valence-corrected chi connectivity index (χ0v) is 18.1. The van der Waals surface area contributed by atoms with Gasteiger partial charge in [0.2, 0.25) is 5.65 Å². The number of aromatic nitrogens is 5. The number of aryl methyl sites for hydroxylation is 2. The molecule has 4 aromatic rings. The third-order valence-corrected chi connectivity index (χ3v) is 4.99. The van der Waals surface area contributed by atoms with Crippen molar-refractivity contribution in [1.29, 1.82) is 0 Å². The summed E-state index contributed by atoms with van der Waals surface area (Å²) in [5.41, 5.74) is 1.89. The van der Waals surface area contributed by atoms with Crippen LogP contribution in [0, 0.1) is 24.0 Å². The first-order valence-corrected chi connectivity index (χ1v) is 9.82. The molecule has 0 fully saturated rings. The molecule has 0 saturated carbocycles. The highest BCUT2D eigenvalue weighted by molar-refractivity contribution is 6.33. The van der Waals surface area contributed by atoms with Gasteiger partial charge in [-0.25, -0.2) is 15.0 Å². The fraction of sp³-hybridized carbons (Fsp3) is 0.200. The Kier molecular flexibility index (Phi) is 5.73. The molecule has 4 rings (SSSR count). The van der Waals surface area contributed by atoms with Gasteiger partial charge in [0.25, 0.3) is 5.88 Å². The standard InChI is InChI=1S/C20H18ClN7O4/c1-11-19(21)20(25-12(2)24-11)23-9-13-4-5-14(31-3)15(8-13)32-17-7-6-16-22-10-18(28(29)30)27(16)26-17/h4-8,10H,9H2,1-3H3,(H,23,24,25). The summed E-state index contributed by atoms with van der Waals surface area (Å²) in [6, 6.07) is 8.54. The second-order valence-corrected chi connectivity index (χ2v) is 7.15. The number of methoxy groups -OCH3 is 1. The van der Waals surface area contributed by atoms with E-state index in [4.69, 9.17) is 21.1 Å². The average molecular weight is 456 g/mol. The minimum atomic E-state index is -0.564. The number of anilines is 1. The van der Waals surface area contributed by atoms with Crippen molar-refractivity contribution in [1.82, 2.24) is 24.6 Å². The van der Waals surface area contributed by atoms with Crippen molar-refractivity contribution in [3.8, 4) is 17.4 Å². The van der Waals surface area contributed by atoms with E-state index in [1.165, 1.54) is 7.11 Å². The van der Waals surface area contributed by atoms with Crippen LogP contribution in [0.5, 0.6) is 17.4 Å². The molecule has 32 heavy (non-hydrogen) atoms. The summed E-state index contributed by atoms with van der Waals surface area (Å²) >= 11 is 6.30. The van der Waals surface area contributed by atoms with Crippen molar-refractivity contribution in [3.05, 3.63) is 68.7 Å². The number of fused-ring (bicyclic) bond motifs is 1. The van der Waals surface area contributed by atoms with Gasteiger partial charge in [0.15, 0.2) is 11.5 Å². The molecule has 0 unspecified atom stereocenters. The number of nitrogens with one attached hydrogen (secondary N) is 1. The van der Waals surface area contributed by atoms with Crippen LogP contribution in [0.15, 0.2) is 36.5 Å². The normalized spacial score (nSPS) is 10.9. The van der Waals surface area contributed by atoms with Gasteiger partial charge >= 0.3 is 5.82 Å². The molecule has 0 saturated heterocycles. The average Bonchev–Trinajstić information content (AvgIpc) is 3.19. The number of benzene rings is 1. The molecule has 3 heterocycles. The lowest BCUT2D eigenvalue weighted by Crippen LogP contribution is -2.06. The van der Waals surface area contributed by atoms with Crippen LogP contribution in [-0.4, -0.2) is 36.6 Å². The molecule has 3 aromatic heterocycles. The van der Waals surface area contributed by atoms with Crippen molar-refractivity contribution in [2.75, 3.05) is 12.4 Å². The molecule has 0 bridgehead atoms. The summed E-state index contributed by atoms with van der Waals surface area (Å²) in [6.45, 7) is 4.02. The highest BCUT2D eigenvalue weighted by Crippen LogP contribution is 2.32. The molecule has 0 radical (unpaired) electrons. The largest absolute Gasteiger partial charge is 0.493 e. The molecule has 0 aliphatic carbocycles. The van der Waals surface area contributed by atoms with E-state index in [0.29, 0.717) is 46.0 Å². The van der Waals surface area contributed by atoms with Gasteiger partial charge in [0, 0.05) is 18.7 Å². The second kappa shape index (κ2) is 8.63. The molecule has 0 aliphatic heterocycles. The lowest BCUT2D eigenvalue weighted by Gasteiger charge is -2.13. The maximum atomic E-state index is 11.2. The number of nitrogens with zero attached hydrogens (tertiary/aromatic N) is 6. The third-order valence-electron chi connectivity index (χ3n) is 4.54. The minimum Gasteiger partial charge on any atom is -0.493 e. The van der Waals surface area contributed by atoms with E-state index < -0.39 is 4.92 Å². The van der Waals surface area contributed by atoms with Crippen molar-refractivity contribution >= 4 is 28.9 Å². The lowest BCUT2D eigenvalue weighted by atomic mass is 10.2. The molecule has 0 spiro atoms. The van der Waals surface area contributed by atoms with E-state index >= 15 is 0 Å². The Morgan fingerprint density at radius 2 is 2.00 bits per heavy atom. The van der Waals surface area contributed by atoms with Gasteiger partial charge in [-0.2, -0.15) is 0 Å². The third kappa shape index (κ3) is 4.23. The maximum absolute atomic E-state index is 11.2. The van der Waals surface area contributed by atoms with Crippen molar-refractivity contribution in [2.24, 2.45) is 0 Å². The van der Waals surface area contributed by atoms with Gasteiger partial charge < -0.3 is 24.9 Å². The quantitative estimate of drug-likeness (QED) is 0.323. The Labute approximate surface area is 187 Å². The molecule has 12 heteroatoms. The van der Waals surface area contributed by atoms with Crippen LogP contribution in [0.3, 0.4) is 0 Å². The number of hydrogen-bond donors (Lipinski definition) is 1. The summed E-state index contributed by atoms with van der Waals surface area (Å²) in [4.78, 5) is 23.1. The van der Waals surface area contributed by atoms with Crippen LogP contribution in [0.2, 0.25) is 5.02 Å². The molecular formula is C20H18ClN7O4. The zero-order chi connectivity index (χ0) is 22.8. The molecule has 1 aromatic carbocycles. The van der Waals surface area contributed by atoms with E-state index in [2.05, 4.69) is 25.4 Å². The van der Waals surface area contributed by atoms with Crippen LogP contribution in [0.1, 0.15) is 17.1 Å². The Hall–Kier alpha value is -3.99. The fourth-order valence-corrected chi connectivity index (χ4v) is 3.20. The second-order valence-electron chi connectivity index (χ2n) is 6.77. The van der Waals surface area contributed by atoms with E-state index in [1.54, 1.807) is 31.2 Å². The van der Waals surface area contributed by atoms with Gasteiger partial charge in [-0.05, 0) is 41.6 Å². The van der Waals surface area contributed by atoms with Gasteiger partial charge in [-0.3, -0.25) is 0 Å². The van der Waals surface area contributed by atoms with E-state index in [1.807, 2.05) is 13.0 Å². The first-order chi connectivity index (χ1) is 15.4. The topological polar surface area (TPSA) is 130 Å². The highest BCUT2D eigenvalue weighted by Gasteiger charge is 2.18. The van der Waals surface area contributed by atoms with Crippen molar-refractivity contribution < 1.29 is 14.4 Å². The number of nitro groups is 1. The molecule has 0 amide bonds. The molecule has 0 atom stereocenters. The van der Waals surface area contributed by atoms with Gasteiger partial charge in [-0.1, -0.05) is 22.2 Å². The highest BCUT2D eigenvalue weighted by atomic mass is 35.5. The summed E-state index contributed by atoms with van der Waals surface area (Å²) in [7, 11) is 1.52. The predicted octanol–water partition coefficient (Wildman–Crippen LogP) is 4.11. The molecule has 11 nitrogen and oxygen atoms in total. The zero-order valence-electron chi connectivity index (χ0n) is 17.4. The predicted molar refractivity (Wildman–Crippen MR) is 117 cm³/mol. The van der Waals surface area contributed by atoms with E-state index in [-0.39, 0.29) is 11.7 Å². The summed E-state index contributed by atoms with van der Waals surface area (Å²) in [5, 5.41) is 19.0. The Bertz CT molecular complexity index is 1330. The van der Waals surface area contributed by atoms with Crippen LogP contribution in [-0.2, 0) is 6.54 Å². The minimum absolute atomic E-state index is 0.145. The summed E-state index contributed by atoms with van der Waals surface area (Å²) < 4.78 is 12.4. The smallest absolute Gasteiger partial charge is 0.368 e. The van der Waals surface area contributed by atoms with E-state index in [9.17, 15) is 10.1 Å². The van der Waals surface area contributed by atoms with Gasteiger partial charge in [-0.15, -0.1) is 0 Å². The van der Waals surface area contributed by atoms with E-state index in [0.717, 1.165) is 16.3 Å². The SMILES string of the molecule is COc1ccc(CNc2nc(C)nc(C)c2Cl)cc1Oc1ccc2ncc([N+](=O)[O-])n2n1. The monoisotopic (exact) mass is 455 g/mol.